The molecule has 0 radical (unpaired) electrons. The lowest BCUT2D eigenvalue weighted by Crippen LogP contribution is -2.12. The number of hydrogen-bond acceptors (Lipinski definition) is 3. The summed E-state index contributed by atoms with van der Waals surface area (Å²) in [5.74, 6) is 0.362. The van der Waals surface area contributed by atoms with Gasteiger partial charge in [-0.15, -0.1) is 0 Å². The fourth-order valence-electron chi connectivity index (χ4n) is 2.41. The molecule has 0 spiro atoms. The Hall–Kier alpha value is -2.62. The number of aromatic nitrogens is 2. The Labute approximate surface area is 116 Å². The van der Waals surface area contributed by atoms with Crippen molar-refractivity contribution in [3.8, 4) is 11.4 Å². The van der Waals surface area contributed by atoms with E-state index in [0.29, 0.717) is 5.75 Å². The Bertz CT molecular complexity index is 832. The molecule has 0 fully saturated rings. The Balaban J connectivity index is 2.35. The summed E-state index contributed by atoms with van der Waals surface area (Å²) in [6.45, 7) is 1.86. The number of rotatable bonds is 2. The topological polar surface area (TPSA) is 44.1 Å². The Morgan fingerprint density at radius 1 is 1.15 bits per heavy atom. The lowest BCUT2D eigenvalue weighted by Gasteiger charge is -2.14. The Morgan fingerprint density at radius 2 is 1.95 bits per heavy atom. The van der Waals surface area contributed by atoms with Gasteiger partial charge in [-0.2, -0.15) is 0 Å². The number of ether oxygens (including phenoxy) is 1. The van der Waals surface area contributed by atoms with Crippen molar-refractivity contribution in [1.82, 2.24) is 9.55 Å². The number of hydrogen-bond donors (Lipinski definition) is 0. The van der Waals surface area contributed by atoms with Gasteiger partial charge in [-0.1, -0.05) is 18.2 Å². The summed E-state index contributed by atoms with van der Waals surface area (Å²) in [5, 5.41) is 1.06. The minimum Gasteiger partial charge on any atom is -0.491 e. The SMILES string of the molecule is COc1c(C)n(-c2cccc3cccnc23)ccc1=O. The molecule has 0 amide bonds. The van der Waals surface area contributed by atoms with Gasteiger partial charge in [0.15, 0.2) is 5.75 Å². The van der Waals surface area contributed by atoms with Crippen molar-refractivity contribution in [2.24, 2.45) is 0 Å². The summed E-state index contributed by atoms with van der Waals surface area (Å²) in [6, 6.07) is 11.4. The van der Waals surface area contributed by atoms with E-state index in [1.54, 1.807) is 12.4 Å². The third-order valence-corrected chi connectivity index (χ3v) is 3.36. The van der Waals surface area contributed by atoms with Crippen molar-refractivity contribution < 1.29 is 4.74 Å². The average Bonchev–Trinajstić information content (AvgIpc) is 2.48. The van der Waals surface area contributed by atoms with Crippen molar-refractivity contribution >= 4 is 10.9 Å². The Morgan fingerprint density at radius 3 is 2.75 bits per heavy atom. The first-order chi connectivity index (χ1) is 9.72. The van der Waals surface area contributed by atoms with Gasteiger partial charge in [-0.05, 0) is 19.1 Å². The van der Waals surface area contributed by atoms with Crippen LogP contribution in [0.15, 0.2) is 53.6 Å². The summed E-state index contributed by atoms with van der Waals surface area (Å²) in [5.41, 5.74) is 2.47. The van der Waals surface area contributed by atoms with Crippen LogP contribution in [0.2, 0.25) is 0 Å². The fourth-order valence-corrected chi connectivity index (χ4v) is 2.41. The van der Waals surface area contributed by atoms with Gasteiger partial charge in [-0.3, -0.25) is 9.78 Å². The van der Waals surface area contributed by atoms with Crippen LogP contribution in [0.25, 0.3) is 16.6 Å². The van der Waals surface area contributed by atoms with Crippen molar-refractivity contribution in [2.45, 2.75) is 6.92 Å². The predicted octanol–water partition coefficient (Wildman–Crippen LogP) is 2.70. The van der Waals surface area contributed by atoms with Crippen LogP contribution in [0.4, 0.5) is 0 Å². The molecule has 0 N–H and O–H groups in total. The van der Waals surface area contributed by atoms with Crippen molar-refractivity contribution in [3.05, 3.63) is 64.7 Å². The van der Waals surface area contributed by atoms with Crippen molar-refractivity contribution in [3.63, 3.8) is 0 Å². The van der Waals surface area contributed by atoms with E-state index in [9.17, 15) is 4.79 Å². The smallest absolute Gasteiger partial charge is 0.223 e. The van der Waals surface area contributed by atoms with E-state index in [1.165, 1.54) is 13.2 Å². The molecule has 4 nitrogen and oxygen atoms in total. The first-order valence-electron chi connectivity index (χ1n) is 6.33. The molecule has 0 bridgehead atoms. The molecule has 100 valence electrons. The van der Waals surface area contributed by atoms with E-state index in [4.69, 9.17) is 4.74 Å². The second-order valence-electron chi connectivity index (χ2n) is 4.52. The monoisotopic (exact) mass is 266 g/mol. The van der Waals surface area contributed by atoms with Crippen LogP contribution in [0.3, 0.4) is 0 Å². The number of pyridine rings is 2. The average molecular weight is 266 g/mol. The third-order valence-electron chi connectivity index (χ3n) is 3.36. The highest BCUT2D eigenvalue weighted by atomic mass is 16.5. The molecule has 0 unspecified atom stereocenters. The predicted molar refractivity (Wildman–Crippen MR) is 78.6 cm³/mol. The van der Waals surface area contributed by atoms with Gasteiger partial charge in [0.1, 0.15) is 0 Å². The van der Waals surface area contributed by atoms with Gasteiger partial charge in [0, 0.05) is 23.8 Å². The van der Waals surface area contributed by atoms with Crippen molar-refractivity contribution in [1.29, 1.82) is 0 Å². The number of para-hydroxylation sites is 1. The van der Waals surface area contributed by atoms with Gasteiger partial charge in [0.25, 0.3) is 0 Å². The van der Waals surface area contributed by atoms with Gasteiger partial charge in [0.2, 0.25) is 5.43 Å². The van der Waals surface area contributed by atoms with E-state index >= 15 is 0 Å². The maximum absolute atomic E-state index is 11.8. The van der Waals surface area contributed by atoms with E-state index in [-0.39, 0.29) is 5.43 Å². The lowest BCUT2D eigenvalue weighted by atomic mass is 10.1. The van der Waals surface area contributed by atoms with Crippen LogP contribution in [-0.4, -0.2) is 16.7 Å². The molecule has 4 heteroatoms. The molecule has 2 aromatic heterocycles. The first-order valence-corrected chi connectivity index (χ1v) is 6.33. The van der Waals surface area contributed by atoms with E-state index in [0.717, 1.165) is 22.3 Å². The number of methoxy groups -OCH3 is 1. The quantitative estimate of drug-likeness (QED) is 0.716. The van der Waals surface area contributed by atoms with Crippen LogP contribution in [0.1, 0.15) is 5.69 Å². The highest BCUT2D eigenvalue weighted by Gasteiger charge is 2.11. The van der Waals surface area contributed by atoms with E-state index in [2.05, 4.69) is 4.98 Å². The molecule has 0 aliphatic carbocycles. The Kier molecular flexibility index (Phi) is 2.99. The lowest BCUT2D eigenvalue weighted by molar-refractivity contribution is 0.403. The zero-order valence-corrected chi connectivity index (χ0v) is 11.3. The molecular formula is C16H14N2O2. The largest absolute Gasteiger partial charge is 0.491 e. The van der Waals surface area contributed by atoms with Crippen LogP contribution in [-0.2, 0) is 0 Å². The summed E-state index contributed by atoms with van der Waals surface area (Å²) in [6.07, 6.45) is 3.52. The molecular weight excluding hydrogens is 252 g/mol. The fraction of sp³-hybridized carbons (Fsp3) is 0.125. The standard InChI is InChI=1S/C16H14N2O2/c1-11-16(20-2)14(19)8-10-18(11)13-7-3-5-12-6-4-9-17-15(12)13/h3-10H,1-2H3. The number of nitrogens with zero attached hydrogens (tertiary/aromatic N) is 2. The number of benzene rings is 1. The van der Waals surface area contributed by atoms with Gasteiger partial charge in [0.05, 0.1) is 24.0 Å². The highest BCUT2D eigenvalue weighted by Crippen LogP contribution is 2.23. The first kappa shape index (κ1) is 12.4. The molecule has 0 saturated heterocycles. The normalized spacial score (nSPS) is 10.7. The van der Waals surface area contributed by atoms with Gasteiger partial charge < -0.3 is 9.30 Å². The minimum absolute atomic E-state index is 0.116. The zero-order chi connectivity index (χ0) is 14.1. The maximum Gasteiger partial charge on any atom is 0.223 e. The molecule has 0 saturated carbocycles. The summed E-state index contributed by atoms with van der Waals surface area (Å²) in [7, 11) is 1.51. The summed E-state index contributed by atoms with van der Waals surface area (Å²) >= 11 is 0. The third kappa shape index (κ3) is 1.86. The summed E-state index contributed by atoms with van der Waals surface area (Å²) in [4.78, 5) is 16.2. The molecule has 20 heavy (non-hydrogen) atoms. The van der Waals surface area contributed by atoms with Crippen LogP contribution >= 0.6 is 0 Å². The highest BCUT2D eigenvalue weighted by molar-refractivity contribution is 5.86. The summed E-state index contributed by atoms with van der Waals surface area (Å²) < 4.78 is 7.12. The second-order valence-corrected chi connectivity index (χ2v) is 4.52. The molecule has 3 aromatic rings. The van der Waals surface area contributed by atoms with Crippen molar-refractivity contribution in [2.75, 3.05) is 7.11 Å². The zero-order valence-electron chi connectivity index (χ0n) is 11.3. The second kappa shape index (κ2) is 4.81. The molecule has 3 rings (SSSR count). The number of fused-ring (bicyclic) bond motifs is 1. The molecule has 0 aliphatic heterocycles. The van der Waals surface area contributed by atoms with Crippen LogP contribution in [0.5, 0.6) is 5.75 Å². The van der Waals surface area contributed by atoms with Gasteiger partial charge >= 0.3 is 0 Å². The van der Waals surface area contributed by atoms with Crippen LogP contribution < -0.4 is 10.2 Å². The molecule has 1 aromatic carbocycles. The molecule has 0 aliphatic rings. The molecule has 0 atom stereocenters. The van der Waals surface area contributed by atoms with Crippen LogP contribution in [0, 0.1) is 6.92 Å². The van der Waals surface area contributed by atoms with E-state index in [1.807, 2.05) is 41.8 Å². The molecule has 2 heterocycles. The minimum atomic E-state index is -0.116. The maximum atomic E-state index is 11.8. The van der Waals surface area contributed by atoms with E-state index < -0.39 is 0 Å². The van der Waals surface area contributed by atoms with Gasteiger partial charge in [-0.25, -0.2) is 0 Å².